The number of aliphatic carboxylic acids is 1. The molecule has 4 nitrogen and oxygen atoms in total. The van der Waals surface area contributed by atoms with Gasteiger partial charge >= 0.3 is 5.97 Å². The highest BCUT2D eigenvalue weighted by molar-refractivity contribution is 7.99. The maximum atomic E-state index is 12.4. The minimum atomic E-state index is -0.766. The molecule has 1 aliphatic carbocycles. The summed E-state index contributed by atoms with van der Waals surface area (Å²) in [4.78, 5) is 25.4. The smallest absolute Gasteiger partial charge is 0.303 e. The van der Waals surface area contributed by atoms with Gasteiger partial charge in [0.05, 0.1) is 6.42 Å². The Labute approximate surface area is 118 Å². The van der Waals surface area contributed by atoms with Crippen molar-refractivity contribution in [1.82, 2.24) is 4.90 Å². The van der Waals surface area contributed by atoms with Crippen molar-refractivity contribution in [3.63, 3.8) is 0 Å². The van der Waals surface area contributed by atoms with Gasteiger partial charge in [-0.1, -0.05) is 19.8 Å². The van der Waals surface area contributed by atoms with Crippen molar-refractivity contribution in [3.8, 4) is 0 Å². The molecule has 0 radical (unpaired) electrons. The van der Waals surface area contributed by atoms with E-state index < -0.39 is 5.97 Å². The second-order valence-corrected chi connectivity index (χ2v) is 7.52. The third kappa shape index (κ3) is 3.88. The molecule has 2 rings (SSSR count). The molecule has 0 aromatic heterocycles. The van der Waals surface area contributed by atoms with Crippen molar-refractivity contribution in [2.75, 3.05) is 18.8 Å². The van der Waals surface area contributed by atoms with Crippen LogP contribution in [-0.2, 0) is 9.59 Å². The summed E-state index contributed by atoms with van der Waals surface area (Å²) in [6.07, 6.45) is 4.49. The van der Waals surface area contributed by atoms with Crippen molar-refractivity contribution >= 4 is 23.6 Å². The molecule has 1 amide bonds. The van der Waals surface area contributed by atoms with Gasteiger partial charge in [-0.2, -0.15) is 11.8 Å². The quantitative estimate of drug-likeness (QED) is 0.861. The molecule has 108 valence electrons. The highest BCUT2D eigenvalue weighted by atomic mass is 32.2. The zero-order valence-electron chi connectivity index (χ0n) is 11.6. The Morgan fingerprint density at radius 1 is 1.32 bits per heavy atom. The van der Waals surface area contributed by atoms with Crippen LogP contribution in [0.15, 0.2) is 0 Å². The van der Waals surface area contributed by atoms with Gasteiger partial charge in [-0.25, -0.2) is 0 Å². The van der Waals surface area contributed by atoms with E-state index in [0.29, 0.717) is 11.7 Å². The Kier molecular flexibility index (Phi) is 4.76. The first-order valence-corrected chi connectivity index (χ1v) is 8.17. The maximum Gasteiger partial charge on any atom is 0.303 e. The van der Waals surface area contributed by atoms with Crippen molar-refractivity contribution in [1.29, 1.82) is 0 Å². The number of hydrogen-bond acceptors (Lipinski definition) is 3. The first kappa shape index (κ1) is 14.7. The largest absolute Gasteiger partial charge is 0.481 e. The van der Waals surface area contributed by atoms with Crippen LogP contribution in [0.3, 0.4) is 0 Å². The molecule has 19 heavy (non-hydrogen) atoms. The molecular weight excluding hydrogens is 262 g/mol. The number of carboxylic acid groups (broad SMARTS) is 1. The van der Waals surface area contributed by atoms with Gasteiger partial charge in [0.15, 0.2) is 0 Å². The van der Waals surface area contributed by atoms with E-state index in [1.54, 1.807) is 0 Å². The van der Waals surface area contributed by atoms with E-state index >= 15 is 0 Å². The number of carbonyl (C=O) groups is 2. The standard InChI is InChI=1S/C14H23NO3S/c1-11-10-15(6-7-19-11)12(16)8-14(9-13(17)18)4-2-3-5-14/h11H,2-10H2,1H3,(H,17,18). The molecule has 0 bridgehead atoms. The van der Waals surface area contributed by atoms with E-state index in [-0.39, 0.29) is 17.7 Å². The lowest BCUT2D eigenvalue weighted by molar-refractivity contribution is -0.141. The van der Waals surface area contributed by atoms with Crippen molar-refractivity contribution in [2.24, 2.45) is 5.41 Å². The van der Waals surface area contributed by atoms with Gasteiger partial charge in [0.2, 0.25) is 5.91 Å². The molecule has 0 aromatic rings. The fraction of sp³-hybridized carbons (Fsp3) is 0.857. The van der Waals surface area contributed by atoms with E-state index in [1.807, 2.05) is 16.7 Å². The van der Waals surface area contributed by atoms with Gasteiger partial charge in [-0.15, -0.1) is 0 Å². The average molecular weight is 285 g/mol. The summed E-state index contributed by atoms with van der Waals surface area (Å²) in [6.45, 7) is 3.77. The van der Waals surface area contributed by atoms with Crippen LogP contribution in [0.2, 0.25) is 0 Å². The Hall–Kier alpha value is -0.710. The van der Waals surface area contributed by atoms with Gasteiger partial charge in [0.1, 0.15) is 0 Å². The van der Waals surface area contributed by atoms with Crippen LogP contribution in [0, 0.1) is 5.41 Å². The topological polar surface area (TPSA) is 57.6 Å². The molecule has 1 heterocycles. The van der Waals surface area contributed by atoms with Crippen molar-refractivity contribution in [3.05, 3.63) is 0 Å². The number of carbonyl (C=O) groups excluding carboxylic acids is 1. The molecule has 1 unspecified atom stereocenters. The average Bonchev–Trinajstić information content (AvgIpc) is 2.76. The van der Waals surface area contributed by atoms with Gasteiger partial charge in [-0.05, 0) is 18.3 Å². The Bertz CT molecular complexity index is 353. The number of amides is 1. The minimum absolute atomic E-state index is 0.150. The number of thioether (sulfide) groups is 1. The highest BCUT2D eigenvalue weighted by Gasteiger charge is 2.39. The molecule has 1 saturated carbocycles. The highest BCUT2D eigenvalue weighted by Crippen LogP contribution is 2.44. The zero-order valence-corrected chi connectivity index (χ0v) is 12.4. The summed E-state index contributed by atoms with van der Waals surface area (Å²) < 4.78 is 0. The lowest BCUT2D eigenvalue weighted by Crippen LogP contribution is -2.43. The molecule has 5 heteroatoms. The van der Waals surface area contributed by atoms with E-state index in [9.17, 15) is 9.59 Å². The normalized spacial score (nSPS) is 26.4. The molecule has 0 spiro atoms. The third-order valence-electron chi connectivity index (χ3n) is 4.31. The lowest BCUT2D eigenvalue weighted by Gasteiger charge is -2.34. The van der Waals surface area contributed by atoms with Gasteiger partial charge < -0.3 is 10.0 Å². The summed E-state index contributed by atoms with van der Waals surface area (Å²) >= 11 is 1.90. The van der Waals surface area contributed by atoms with Crippen molar-refractivity contribution in [2.45, 2.75) is 50.7 Å². The van der Waals surface area contributed by atoms with Crippen molar-refractivity contribution < 1.29 is 14.7 Å². The number of nitrogens with zero attached hydrogens (tertiary/aromatic N) is 1. The summed E-state index contributed by atoms with van der Waals surface area (Å²) in [5.74, 6) is 0.395. The Morgan fingerprint density at radius 2 is 2.00 bits per heavy atom. The molecule has 1 saturated heterocycles. The maximum absolute atomic E-state index is 12.4. The lowest BCUT2D eigenvalue weighted by atomic mass is 9.79. The van der Waals surface area contributed by atoms with Gasteiger partial charge in [-0.3, -0.25) is 9.59 Å². The summed E-state index contributed by atoms with van der Waals surface area (Å²) in [5.41, 5.74) is -0.267. The summed E-state index contributed by atoms with van der Waals surface area (Å²) in [6, 6.07) is 0. The first-order chi connectivity index (χ1) is 9.01. The molecule has 2 fully saturated rings. The fourth-order valence-corrected chi connectivity index (χ4v) is 4.35. The van der Waals surface area contributed by atoms with E-state index in [1.165, 1.54) is 0 Å². The SMILES string of the molecule is CC1CN(C(=O)CC2(CC(=O)O)CCCC2)CCS1. The summed E-state index contributed by atoms with van der Waals surface area (Å²) in [5, 5.41) is 9.57. The number of carboxylic acids is 1. The molecular formula is C14H23NO3S. The monoisotopic (exact) mass is 285 g/mol. The molecule has 1 aliphatic heterocycles. The van der Waals surface area contributed by atoms with Crippen LogP contribution in [0.1, 0.15) is 45.4 Å². The zero-order chi connectivity index (χ0) is 13.9. The Morgan fingerprint density at radius 3 is 2.58 bits per heavy atom. The molecule has 1 atom stereocenters. The van der Waals surface area contributed by atoms with Crippen LogP contribution in [0.5, 0.6) is 0 Å². The predicted octanol–water partition coefficient (Wildman–Crippen LogP) is 2.38. The molecule has 2 aliphatic rings. The van der Waals surface area contributed by atoms with Crippen LogP contribution in [0.25, 0.3) is 0 Å². The van der Waals surface area contributed by atoms with Crippen LogP contribution in [-0.4, -0.2) is 46.0 Å². The van der Waals surface area contributed by atoms with E-state index in [0.717, 1.165) is 44.5 Å². The Balaban J connectivity index is 1.96. The summed E-state index contributed by atoms with van der Waals surface area (Å²) in [7, 11) is 0. The van der Waals surface area contributed by atoms with Gasteiger partial charge in [0, 0.05) is 30.5 Å². The van der Waals surface area contributed by atoms with Gasteiger partial charge in [0.25, 0.3) is 0 Å². The number of rotatable bonds is 4. The first-order valence-electron chi connectivity index (χ1n) is 7.12. The predicted molar refractivity (Wildman–Crippen MR) is 76.3 cm³/mol. The third-order valence-corrected chi connectivity index (χ3v) is 5.45. The second kappa shape index (κ2) is 6.16. The van der Waals surface area contributed by atoms with E-state index in [4.69, 9.17) is 5.11 Å². The second-order valence-electron chi connectivity index (χ2n) is 5.98. The van der Waals surface area contributed by atoms with E-state index in [2.05, 4.69) is 6.92 Å². The molecule has 1 N–H and O–H groups in total. The van der Waals surface area contributed by atoms with Crippen LogP contribution < -0.4 is 0 Å². The number of hydrogen-bond donors (Lipinski definition) is 1. The van der Waals surface area contributed by atoms with Crippen LogP contribution in [0.4, 0.5) is 0 Å². The molecule has 0 aromatic carbocycles. The minimum Gasteiger partial charge on any atom is -0.481 e. The fourth-order valence-electron chi connectivity index (χ4n) is 3.34. The van der Waals surface area contributed by atoms with Crippen LogP contribution >= 0.6 is 11.8 Å².